The summed E-state index contributed by atoms with van der Waals surface area (Å²) in [5.41, 5.74) is 0. The Labute approximate surface area is 402 Å². The van der Waals surface area contributed by atoms with Crippen LogP contribution in [0.15, 0.2) is 60.8 Å². The molecule has 0 heterocycles. The maximum absolute atomic E-state index is 12.8. The monoisotopic (exact) mass is 909 g/mol. The summed E-state index contributed by atoms with van der Waals surface area (Å²) in [6.07, 6.45) is 66.5. The normalized spacial score (nSPS) is 12.5. The molecule has 0 rings (SSSR count). The van der Waals surface area contributed by atoms with E-state index in [-0.39, 0.29) is 31.1 Å². The molecular weight excluding hydrogens is 805 g/mol. The van der Waals surface area contributed by atoms with Gasteiger partial charge in [-0.15, -0.1) is 0 Å². The number of carbonyl (C=O) groups excluding carboxylic acids is 3. The molecule has 1 atom stereocenters. The molecule has 0 amide bonds. The molecule has 0 aliphatic heterocycles. The molecule has 1 unspecified atom stereocenters. The number of allylic oxidation sites excluding steroid dienone is 10. The fourth-order valence-corrected chi connectivity index (χ4v) is 7.84. The minimum Gasteiger partial charge on any atom is -0.462 e. The number of hydrogen-bond acceptors (Lipinski definition) is 6. The minimum absolute atomic E-state index is 0.0756. The SMILES string of the molecule is CC/C=C\C/C=C\C/C=C\C/C=C\CCCCCCCCCCCCCCC(=O)OCC(COC(=O)CCCCCCCCCC)OC(=O)CCCCCCC/C=C\CCCCCCC. The molecule has 0 N–H and O–H groups in total. The van der Waals surface area contributed by atoms with Gasteiger partial charge in [0.1, 0.15) is 13.2 Å². The van der Waals surface area contributed by atoms with Crippen molar-refractivity contribution in [2.45, 2.75) is 284 Å². The van der Waals surface area contributed by atoms with Crippen LogP contribution in [0.4, 0.5) is 0 Å². The summed E-state index contributed by atoms with van der Waals surface area (Å²) in [4.78, 5) is 37.9. The number of carbonyl (C=O) groups is 3. The predicted octanol–water partition coefficient (Wildman–Crippen LogP) is 18.4. The molecule has 6 heteroatoms. The molecule has 0 spiro atoms. The van der Waals surface area contributed by atoms with Gasteiger partial charge < -0.3 is 14.2 Å². The predicted molar refractivity (Wildman–Crippen MR) is 279 cm³/mol. The second kappa shape index (κ2) is 53.7. The topological polar surface area (TPSA) is 78.9 Å². The number of rotatable bonds is 50. The van der Waals surface area contributed by atoms with E-state index < -0.39 is 6.10 Å². The summed E-state index contributed by atoms with van der Waals surface area (Å²) < 4.78 is 16.8. The third-order valence-corrected chi connectivity index (χ3v) is 12.0. The molecule has 0 aromatic heterocycles. The van der Waals surface area contributed by atoms with Gasteiger partial charge in [0.15, 0.2) is 6.10 Å². The van der Waals surface area contributed by atoms with E-state index in [1.807, 2.05) is 0 Å². The zero-order valence-electron chi connectivity index (χ0n) is 43.0. The molecule has 0 saturated heterocycles. The summed E-state index contributed by atoms with van der Waals surface area (Å²) in [6, 6.07) is 0. The van der Waals surface area contributed by atoms with Crippen molar-refractivity contribution in [2.24, 2.45) is 0 Å². The number of esters is 3. The molecule has 0 radical (unpaired) electrons. The van der Waals surface area contributed by atoms with Crippen LogP contribution in [-0.2, 0) is 28.6 Å². The first-order chi connectivity index (χ1) is 32.0. The van der Waals surface area contributed by atoms with Crippen molar-refractivity contribution in [2.75, 3.05) is 13.2 Å². The fraction of sp³-hybridized carbons (Fsp3) is 0.780. The third kappa shape index (κ3) is 51.9. The average Bonchev–Trinajstić information content (AvgIpc) is 3.30. The number of unbranched alkanes of at least 4 members (excludes halogenated alkanes) is 29. The summed E-state index contributed by atoms with van der Waals surface area (Å²) in [6.45, 7) is 6.50. The summed E-state index contributed by atoms with van der Waals surface area (Å²) >= 11 is 0. The van der Waals surface area contributed by atoms with Gasteiger partial charge in [-0.3, -0.25) is 14.4 Å². The molecule has 0 aromatic carbocycles. The van der Waals surface area contributed by atoms with Gasteiger partial charge in [-0.25, -0.2) is 0 Å². The molecule has 65 heavy (non-hydrogen) atoms. The lowest BCUT2D eigenvalue weighted by Gasteiger charge is -2.18. The Bertz CT molecular complexity index is 1180. The summed E-state index contributed by atoms with van der Waals surface area (Å²) in [5, 5.41) is 0. The van der Waals surface area contributed by atoms with Crippen molar-refractivity contribution in [1.82, 2.24) is 0 Å². The zero-order chi connectivity index (χ0) is 47.2. The highest BCUT2D eigenvalue weighted by molar-refractivity contribution is 5.71. The fourth-order valence-electron chi connectivity index (χ4n) is 7.84. The Kier molecular flexibility index (Phi) is 51.3. The van der Waals surface area contributed by atoms with Crippen LogP contribution in [-0.4, -0.2) is 37.2 Å². The van der Waals surface area contributed by atoms with Gasteiger partial charge in [0, 0.05) is 19.3 Å². The van der Waals surface area contributed by atoms with Gasteiger partial charge in [-0.05, 0) is 83.5 Å². The molecule has 6 nitrogen and oxygen atoms in total. The van der Waals surface area contributed by atoms with E-state index in [4.69, 9.17) is 14.2 Å². The van der Waals surface area contributed by atoms with E-state index >= 15 is 0 Å². The van der Waals surface area contributed by atoms with Crippen LogP contribution >= 0.6 is 0 Å². The Morgan fingerprint density at radius 2 is 0.600 bits per heavy atom. The van der Waals surface area contributed by atoms with Gasteiger partial charge in [0.05, 0.1) is 0 Å². The molecule has 0 fully saturated rings. The van der Waals surface area contributed by atoms with Crippen molar-refractivity contribution in [3.05, 3.63) is 60.8 Å². The van der Waals surface area contributed by atoms with E-state index in [1.54, 1.807) is 0 Å². The van der Waals surface area contributed by atoms with Crippen LogP contribution < -0.4 is 0 Å². The van der Waals surface area contributed by atoms with Crippen molar-refractivity contribution < 1.29 is 28.6 Å². The second-order valence-electron chi connectivity index (χ2n) is 18.5. The standard InChI is InChI=1S/C59H104O6/c1-4-7-10-13-16-19-21-23-25-26-27-28-29-30-31-32-33-34-35-37-38-40-43-46-49-52-58(61)64-55-56(54-63-57(60)51-48-45-42-18-15-12-9-6-3)65-59(62)53-50-47-44-41-39-36-24-22-20-17-14-11-8-5-2/h7,10,16,19,22-25,27-28,56H,4-6,8-9,11-15,17-18,20-21,26,29-55H2,1-3H3/b10-7-,19-16-,24-22-,25-23-,28-27-. The van der Waals surface area contributed by atoms with Crippen molar-refractivity contribution in [3.63, 3.8) is 0 Å². The van der Waals surface area contributed by atoms with E-state index in [2.05, 4.69) is 81.5 Å². The molecule has 0 aromatic rings. The van der Waals surface area contributed by atoms with Crippen LogP contribution in [0.3, 0.4) is 0 Å². The van der Waals surface area contributed by atoms with Gasteiger partial charge in [-0.1, -0.05) is 236 Å². The Balaban J connectivity index is 4.18. The zero-order valence-corrected chi connectivity index (χ0v) is 43.0. The molecular formula is C59H104O6. The maximum atomic E-state index is 12.8. The first-order valence-electron chi connectivity index (χ1n) is 27.8. The van der Waals surface area contributed by atoms with Crippen LogP contribution in [0.2, 0.25) is 0 Å². The minimum atomic E-state index is -0.775. The van der Waals surface area contributed by atoms with Crippen LogP contribution in [0.1, 0.15) is 278 Å². The first kappa shape index (κ1) is 62.1. The Hall–Kier alpha value is -2.89. The highest BCUT2D eigenvalue weighted by atomic mass is 16.6. The molecule has 376 valence electrons. The van der Waals surface area contributed by atoms with Gasteiger partial charge in [0.25, 0.3) is 0 Å². The summed E-state index contributed by atoms with van der Waals surface area (Å²) in [5.74, 6) is -0.883. The average molecular weight is 909 g/mol. The van der Waals surface area contributed by atoms with E-state index in [1.165, 1.54) is 148 Å². The lowest BCUT2D eigenvalue weighted by atomic mass is 10.0. The highest BCUT2D eigenvalue weighted by Gasteiger charge is 2.19. The lowest BCUT2D eigenvalue weighted by Crippen LogP contribution is -2.30. The molecule has 0 bridgehead atoms. The van der Waals surface area contributed by atoms with Crippen molar-refractivity contribution in [1.29, 1.82) is 0 Å². The maximum Gasteiger partial charge on any atom is 0.306 e. The lowest BCUT2D eigenvalue weighted by molar-refractivity contribution is -0.167. The summed E-state index contributed by atoms with van der Waals surface area (Å²) in [7, 11) is 0. The first-order valence-corrected chi connectivity index (χ1v) is 27.8. The van der Waals surface area contributed by atoms with Crippen molar-refractivity contribution >= 4 is 17.9 Å². The van der Waals surface area contributed by atoms with E-state index in [0.717, 1.165) is 89.9 Å². The van der Waals surface area contributed by atoms with E-state index in [0.29, 0.717) is 19.3 Å². The highest BCUT2D eigenvalue weighted by Crippen LogP contribution is 2.15. The number of ether oxygens (including phenoxy) is 3. The molecule has 0 aliphatic rings. The Morgan fingerprint density at radius 3 is 0.954 bits per heavy atom. The van der Waals surface area contributed by atoms with Crippen LogP contribution in [0.5, 0.6) is 0 Å². The van der Waals surface area contributed by atoms with Gasteiger partial charge in [0.2, 0.25) is 0 Å². The second-order valence-corrected chi connectivity index (χ2v) is 18.5. The smallest absolute Gasteiger partial charge is 0.306 e. The van der Waals surface area contributed by atoms with Crippen molar-refractivity contribution in [3.8, 4) is 0 Å². The molecule has 0 saturated carbocycles. The molecule has 0 aliphatic carbocycles. The third-order valence-electron chi connectivity index (χ3n) is 12.0. The van der Waals surface area contributed by atoms with Gasteiger partial charge >= 0.3 is 17.9 Å². The van der Waals surface area contributed by atoms with Crippen LogP contribution in [0.25, 0.3) is 0 Å². The Morgan fingerprint density at radius 1 is 0.323 bits per heavy atom. The van der Waals surface area contributed by atoms with Crippen LogP contribution in [0, 0.1) is 0 Å². The number of hydrogen-bond donors (Lipinski definition) is 0. The largest absolute Gasteiger partial charge is 0.462 e. The van der Waals surface area contributed by atoms with E-state index in [9.17, 15) is 14.4 Å². The van der Waals surface area contributed by atoms with Gasteiger partial charge in [-0.2, -0.15) is 0 Å². The quantitative estimate of drug-likeness (QED) is 0.0262.